The molecule has 27 heavy (non-hydrogen) atoms. The zero-order valence-electron chi connectivity index (χ0n) is 14.8. The highest BCUT2D eigenvalue weighted by Crippen LogP contribution is 2.44. The van der Waals surface area contributed by atoms with E-state index >= 15 is 0 Å². The maximum Gasteiger partial charge on any atom is 0.350 e. The largest absolute Gasteiger partial charge is 0.462 e. The first-order valence-electron chi connectivity index (χ1n) is 8.87. The van der Waals surface area contributed by atoms with Crippen LogP contribution in [-0.2, 0) is 17.6 Å². The van der Waals surface area contributed by atoms with Crippen molar-refractivity contribution in [2.24, 2.45) is 0 Å². The number of halogens is 2. The van der Waals surface area contributed by atoms with Gasteiger partial charge in [-0.15, -0.1) is 11.3 Å². The smallest absolute Gasteiger partial charge is 0.350 e. The minimum absolute atomic E-state index is 0.243. The monoisotopic (exact) mass is 388 g/mol. The molecule has 0 atom stereocenters. The topological polar surface area (TPSA) is 65.2 Å². The van der Waals surface area contributed by atoms with E-state index in [0.717, 1.165) is 48.6 Å². The molecule has 1 aliphatic rings. The summed E-state index contributed by atoms with van der Waals surface area (Å²) in [7, 11) is 0. The van der Waals surface area contributed by atoms with Crippen molar-refractivity contribution in [2.75, 3.05) is 12.3 Å². The van der Waals surface area contributed by atoms with Crippen molar-refractivity contribution in [1.29, 1.82) is 0 Å². The molecule has 4 nitrogen and oxygen atoms in total. The van der Waals surface area contributed by atoms with Gasteiger partial charge in [-0.25, -0.2) is 18.6 Å². The number of nitrogens with two attached hydrogens (primary N) is 1. The average molecular weight is 388 g/mol. The van der Waals surface area contributed by atoms with Crippen LogP contribution >= 0.6 is 11.3 Å². The first kappa shape index (κ1) is 17.9. The van der Waals surface area contributed by atoms with Crippen LogP contribution < -0.4 is 5.73 Å². The molecule has 7 heteroatoms. The molecule has 0 fully saturated rings. The van der Waals surface area contributed by atoms with E-state index in [4.69, 9.17) is 15.5 Å². The molecule has 0 aliphatic heterocycles. The Morgan fingerprint density at radius 2 is 2.04 bits per heavy atom. The SMILES string of the molecule is CCOC(=O)c1sc2nc3c(c(-c4ccc(F)c(F)c4)c2c1N)CCCC3. The van der Waals surface area contributed by atoms with Crippen molar-refractivity contribution < 1.29 is 18.3 Å². The molecule has 4 rings (SSSR count). The number of aromatic nitrogens is 1. The summed E-state index contributed by atoms with van der Waals surface area (Å²) in [5.41, 5.74) is 9.82. The first-order chi connectivity index (χ1) is 13.0. The van der Waals surface area contributed by atoms with E-state index in [1.54, 1.807) is 13.0 Å². The van der Waals surface area contributed by atoms with Crippen LogP contribution in [0.3, 0.4) is 0 Å². The minimum Gasteiger partial charge on any atom is -0.462 e. The van der Waals surface area contributed by atoms with Crippen LogP contribution in [0, 0.1) is 11.6 Å². The van der Waals surface area contributed by atoms with Crippen LogP contribution in [0.4, 0.5) is 14.5 Å². The number of anilines is 1. The standard InChI is InChI=1S/C20H18F2N2O2S/c1-2-26-20(25)18-17(23)16-15(10-7-8-12(21)13(22)9-10)11-5-3-4-6-14(11)24-19(16)27-18/h7-9H,2-6,23H2,1H3. The van der Waals surface area contributed by atoms with E-state index in [0.29, 0.717) is 20.7 Å². The molecule has 2 N–H and O–H groups in total. The summed E-state index contributed by atoms with van der Waals surface area (Å²) in [4.78, 5) is 17.9. The number of esters is 1. The molecule has 140 valence electrons. The molecular weight excluding hydrogens is 370 g/mol. The van der Waals surface area contributed by atoms with Gasteiger partial charge in [0.05, 0.1) is 12.3 Å². The minimum atomic E-state index is -0.915. The van der Waals surface area contributed by atoms with Gasteiger partial charge in [0.25, 0.3) is 0 Å². The third kappa shape index (κ3) is 2.96. The lowest BCUT2D eigenvalue weighted by molar-refractivity contribution is 0.0533. The van der Waals surface area contributed by atoms with Gasteiger partial charge in [0.1, 0.15) is 9.71 Å². The first-order valence-corrected chi connectivity index (χ1v) is 9.69. The Kier molecular flexibility index (Phi) is 4.55. The normalized spacial score (nSPS) is 13.6. The number of nitrogen functional groups attached to an aromatic ring is 1. The van der Waals surface area contributed by atoms with Crippen molar-refractivity contribution >= 4 is 33.2 Å². The Morgan fingerprint density at radius 3 is 2.78 bits per heavy atom. The fourth-order valence-corrected chi connectivity index (χ4v) is 4.64. The van der Waals surface area contributed by atoms with Gasteiger partial charge in [-0.2, -0.15) is 0 Å². The predicted molar refractivity (Wildman–Crippen MR) is 102 cm³/mol. The fourth-order valence-electron chi connectivity index (χ4n) is 3.63. The summed E-state index contributed by atoms with van der Waals surface area (Å²) in [6.45, 7) is 1.97. The Morgan fingerprint density at radius 1 is 1.26 bits per heavy atom. The highest BCUT2D eigenvalue weighted by Gasteiger charge is 2.26. The molecule has 0 amide bonds. The van der Waals surface area contributed by atoms with Gasteiger partial charge in [0.15, 0.2) is 11.6 Å². The number of aryl methyl sites for hydroxylation is 1. The number of carbonyl (C=O) groups is 1. The number of thiophene rings is 1. The van der Waals surface area contributed by atoms with E-state index in [-0.39, 0.29) is 12.3 Å². The van der Waals surface area contributed by atoms with Gasteiger partial charge in [-0.3, -0.25) is 0 Å². The zero-order valence-corrected chi connectivity index (χ0v) is 15.6. The highest BCUT2D eigenvalue weighted by molar-refractivity contribution is 7.21. The Bertz CT molecular complexity index is 1060. The second-order valence-electron chi connectivity index (χ2n) is 6.49. The summed E-state index contributed by atoms with van der Waals surface area (Å²) in [5.74, 6) is -2.31. The number of rotatable bonds is 3. The third-order valence-corrected chi connectivity index (χ3v) is 5.90. The number of carbonyl (C=O) groups excluding carboxylic acids is 1. The van der Waals surface area contributed by atoms with Crippen LogP contribution in [0.15, 0.2) is 18.2 Å². The van der Waals surface area contributed by atoms with Crippen LogP contribution in [-0.4, -0.2) is 17.6 Å². The molecule has 1 aliphatic carbocycles. The molecule has 0 bridgehead atoms. The van der Waals surface area contributed by atoms with Crippen molar-refractivity contribution in [3.63, 3.8) is 0 Å². The van der Waals surface area contributed by atoms with Gasteiger partial charge in [0.2, 0.25) is 0 Å². The lowest BCUT2D eigenvalue weighted by Gasteiger charge is -2.20. The number of hydrogen-bond donors (Lipinski definition) is 1. The number of hydrogen-bond acceptors (Lipinski definition) is 5. The lowest BCUT2D eigenvalue weighted by Crippen LogP contribution is -2.08. The Hall–Kier alpha value is -2.54. The van der Waals surface area contributed by atoms with Gasteiger partial charge < -0.3 is 10.5 Å². The molecule has 0 saturated heterocycles. The molecule has 3 aromatic rings. The van der Waals surface area contributed by atoms with Crippen LogP contribution in [0.2, 0.25) is 0 Å². The summed E-state index contributed by atoms with van der Waals surface area (Å²) >= 11 is 1.18. The summed E-state index contributed by atoms with van der Waals surface area (Å²) in [5, 5.41) is 0.620. The van der Waals surface area contributed by atoms with Crippen LogP contribution in [0.25, 0.3) is 21.3 Å². The molecule has 0 spiro atoms. The van der Waals surface area contributed by atoms with Crippen molar-refractivity contribution in [3.8, 4) is 11.1 Å². The van der Waals surface area contributed by atoms with Crippen LogP contribution in [0.1, 0.15) is 40.7 Å². The number of pyridine rings is 1. The molecule has 0 unspecified atom stereocenters. The molecule has 1 aromatic carbocycles. The van der Waals surface area contributed by atoms with Gasteiger partial charge in [-0.05, 0) is 61.4 Å². The van der Waals surface area contributed by atoms with Gasteiger partial charge >= 0.3 is 5.97 Å². The summed E-state index contributed by atoms with van der Waals surface area (Å²) in [6.07, 6.45) is 3.62. The zero-order chi connectivity index (χ0) is 19.1. The van der Waals surface area contributed by atoms with E-state index < -0.39 is 17.6 Å². The third-order valence-electron chi connectivity index (χ3n) is 4.82. The van der Waals surface area contributed by atoms with Crippen molar-refractivity contribution in [3.05, 3.63) is 46.0 Å². The van der Waals surface area contributed by atoms with Crippen molar-refractivity contribution in [1.82, 2.24) is 4.98 Å². The second kappa shape index (κ2) is 6.88. The molecular formula is C20H18F2N2O2S. The number of ether oxygens (including phenoxy) is 1. The molecule has 2 aromatic heterocycles. The second-order valence-corrected chi connectivity index (χ2v) is 7.49. The molecule has 0 radical (unpaired) electrons. The maximum absolute atomic E-state index is 13.9. The highest BCUT2D eigenvalue weighted by atomic mass is 32.1. The summed E-state index contributed by atoms with van der Waals surface area (Å²) in [6, 6.07) is 3.84. The molecule has 0 saturated carbocycles. The van der Waals surface area contributed by atoms with Gasteiger partial charge in [0, 0.05) is 11.1 Å². The lowest BCUT2D eigenvalue weighted by atomic mass is 9.87. The van der Waals surface area contributed by atoms with Crippen LogP contribution in [0.5, 0.6) is 0 Å². The predicted octanol–water partition coefficient (Wildman–Crippen LogP) is 4.88. The van der Waals surface area contributed by atoms with Gasteiger partial charge in [-0.1, -0.05) is 6.07 Å². The number of fused-ring (bicyclic) bond motifs is 2. The van der Waals surface area contributed by atoms with Crippen molar-refractivity contribution in [2.45, 2.75) is 32.6 Å². The number of nitrogens with zero attached hydrogens (tertiary/aromatic N) is 1. The van der Waals surface area contributed by atoms with E-state index in [9.17, 15) is 13.6 Å². The van der Waals surface area contributed by atoms with E-state index in [1.807, 2.05) is 0 Å². The summed E-state index contributed by atoms with van der Waals surface area (Å²) < 4.78 is 32.5. The van der Waals surface area contributed by atoms with E-state index in [2.05, 4.69) is 0 Å². The maximum atomic E-state index is 13.9. The number of benzene rings is 1. The quantitative estimate of drug-likeness (QED) is 0.650. The fraction of sp³-hybridized carbons (Fsp3) is 0.300. The Labute approximate surface area is 159 Å². The van der Waals surface area contributed by atoms with E-state index in [1.165, 1.54) is 17.4 Å². The Balaban J connectivity index is 2.04. The average Bonchev–Trinajstić information content (AvgIpc) is 2.99. The molecule has 2 heterocycles.